The molecule has 0 radical (unpaired) electrons. The van der Waals surface area contributed by atoms with Crippen molar-refractivity contribution in [3.8, 4) is 22.3 Å². The lowest BCUT2D eigenvalue weighted by atomic mass is 9.92. The SMILES string of the molecule is c1ccc(C2=NC(c3cccc4c3oc3ccccc34)N=C(c3c(-c4ccc(-c5ccccc5)cc4)ccc4oc5ccccc5c34)N2)cc1. The van der Waals surface area contributed by atoms with E-state index in [2.05, 4.69) is 115 Å². The summed E-state index contributed by atoms with van der Waals surface area (Å²) in [5.74, 6) is 1.46. The smallest absolute Gasteiger partial charge is 0.173 e. The molecule has 2 aromatic heterocycles. The molecule has 0 saturated carbocycles. The summed E-state index contributed by atoms with van der Waals surface area (Å²) in [7, 11) is 0. The molecule has 7 aromatic carbocycles. The number of nitrogens with one attached hydrogen (secondary N) is 1. The second-order valence-electron chi connectivity index (χ2n) is 12.5. The van der Waals surface area contributed by atoms with Crippen molar-refractivity contribution in [2.75, 3.05) is 0 Å². The van der Waals surface area contributed by atoms with Gasteiger partial charge in [0.25, 0.3) is 0 Å². The molecule has 5 nitrogen and oxygen atoms in total. The van der Waals surface area contributed by atoms with E-state index in [1.54, 1.807) is 0 Å². The fourth-order valence-electron chi connectivity index (χ4n) is 7.21. The zero-order chi connectivity index (χ0) is 33.0. The molecule has 50 heavy (non-hydrogen) atoms. The van der Waals surface area contributed by atoms with Gasteiger partial charge in [0.1, 0.15) is 34.0 Å². The number of amidine groups is 2. The van der Waals surface area contributed by atoms with Crippen molar-refractivity contribution < 1.29 is 8.83 Å². The van der Waals surface area contributed by atoms with Gasteiger partial charge in [-0.3, -0.25) is 0 Å². The summed E-state index contributed by atoms with van der Waals surface area (Å²) in [4.78, 5) is 10.7. The van der Waals surface area contributed by atoms with Gasteiger partial charge in [0, 0.05) is 38.2 Å². The average Bonchev–Trinajstić information content (AvgIpc) is 3.77. The standard InChI is InChI=1S/C45H29N3O2/c1-3-12-28(13-4-1)29-22-24-30(25-23-29)32-26-27-39-40(35-17-8-10-21-38(35)49-39)41(32)45-47-43(31-14-5-2-6-15-31)46-44(48-45)36-19-11-18-34-33-16-7-9-20-37(33)50-42(34)36/h1-27,44H,(H,46,47,48). The number of aliphatic imine (C=N–C) groups is 2. The third kappa shape index (κ3) is 4.63. The van der Waals surface area contributed by atoms with Gasteiger partial charge < -0.3 is 14.2 Å². The highest BCUT2D eigenvalue weighted by molar-refractivity contribution is 6.26. The molecule has 0 amide bonds. The highest BCUT2D eigenvalue weighted by Crippen LogP contribution is 2.40. The van der Waals surface area contributed by atoms with Crippen molar-refractivity contribution in [3.63, 3.8) is 0 Å². The Balaban J connectivity index is 1.22. The Labute approximate surface area is 287 Å². The van der Waals surface area contributed by atoms with E-state index in [4.69, 9.17) is 18.8 Å². The van der Waals surface area contributed by atoms with E-state index in [-0.39, 0.29) is 0 Å². The van der Waals surface area contributed by atoms with E-state index in [0.717, 1.165) is 88.9 Å². The molecule has 3 heterocycles. The van der Waals surface area contributed by atoms with Crippen molar-refractivity contribution in [1.82, 2.24) is 5.32 Å². The largest absolute Gasteiger partial charge is 0.456 e. The van der Waals surface area contributed by atoms with Crippen LogP contribution in [-0.2, 0) is 0 Å². The lowest BCUT2D eigenvalue weighted by Gasteiger charge is -2.24. The molecule has 0 spiro atoms. The van der Waals surface area contributed by atoms with E-state index in [1.165, 1.54) is 5.56 Å². The third-order valence-corrected chi connectivity index (χ3v) is 9.58. The zero-order valence-corrected chi connectivity index (χ0v) is 26.9. The number of para-hydroxylation sites is 3. The summed E-state index contributed by atoms with van der Waals surface area (Å²) in [6, 6.07) is 56.3. The maximum atomic E-state index is 6.50. The fraction of sp³-hybridized carbons (Fsp3) is 0.0222. The Morgan fingerprint density at radius 1 is 0.420 bits per heavy atom. The maximum Gasteiger partial charge on any atom is 0.173 e. The molecule has 0 saturated heterocycles. The van der Waals surface area contributed by atoms with Crippen LogP contribution in [-0.4, -0.2) is 11.7 Å². The van der Waals surface area contributed by atoms with Crippen molar-refractivity contribution in [3.05, 3.63) is 180 Å². The molecule has 1 aliphatic heterocycles. The second kappa shape index (κ2) is 11.5. The lowest BCUT2D eigenvalue weighted by Crippen LogP contribution is -2.36. The maximum absolute atomic E-state index is 6.50. The number of hydrogen-bond donors (Lipinski definition) is 1. The Morgan fingerprint density at radius 3 is 1.80 bits per heavy atom. The lowest BCUT2D eigenvalue weighted by molar-refractivity contribution is 0.649. The zero-order valence-electron chi connectivity index (χ0n) is 26.9. The number of benzene rings is 7. The van der Waals surface area contributed by atoms with E-state index in [9.17, 15) is 0 Å². The van der Waals surface area contributed by atoms with Gasteiger partial charge in [-0.15, -0.1) is 0 Å². The Hall–Kier alpha value is -6.72. The summed E-state index contributed by atoms with van der Waals surface area (Å²) in [6.45, 7) is 0. The van der Waals surface area contributed by atoms with Gasteiger partial charge in [-0.1, -0.05) is 140 Å². The first-order valence-corrected chi connectivity index (χ1v) is 16.8. The number of nitrogens with zero attached hydrogens (tertiary/aromatic N) is 2. The molecule has 1 unspecified atom stereocenters. The highest BCUT2D eigenvalue weighted by Gasteiger charge is 2.28. The molecule has 0 fully saturated rings. The van der Waals surface area contributed by atoms with E-state index in [0.29, 0.717) is 0 Å². The minimum atomic E-state index is -0.563. The van der Waals surface area contributed by atoms with Gasteiger partial charge in [-0.05, 0) is 46.5 Å². The minimum absolute atomic E-state index is 0.563. The number of fused-ring (bicyclic) bond motifs is 6. The predicted octanol–water partition coefficient (Wildman–Crippen LogP) is 11.3. The van der Waals surface area contributed by atoms with Gasteiger partial charge in [-0.25, -0.2) is 9.98 Å². The minimum Gasteiger partial charge on any atom is -0.456 e. The predicted molar refractivity (Wildman–Crippen MR) is 204 cm³/mol. The van der Waals surface area contributed by atoms with Crippen LogP contribution in [0.3, 0.4) is 0 Å². The van der Waals surface area contributed by atoms with Crippen molar-refractivity contribution in [1.29, 1.82) is 0 Å². The molecule has 1 aliphatic rings. The quantitative estimate of drug-likeness (QED) is 0.203. The van der Waals surface area contributed by atoms with E-state index >= 15 is 0 Å². The van der Waals surface area contributed by atoms with Crippen LogP contribution in [0.4, 0.5) is 0 Å². The Kier molecular flexibility index (Phi) is 6.49. The molecule has 10 rings (SSSR count). The summed E-state index contributed by atoms with van der Waals surface area (Å²) in [5.41, 5.74) is 10.6. The van der Waals surface area contributed by atoms with Gasteiger partial charge in [0.05, 0.1) is 0 Å². The van der Waals surface area contributed by atoms with Crippen LogP contribution in [0.25, 0.3) is 66.1 Å². The van der Waals surface area contributed by atoms with Crippen LogP contribution in [0.5, 0.6) is 0 Å². The van der Waals surface area contributed by atoms with Crippen molar-refractivity contribution >= 4 is 55.5 Å². The van der Waals surface area contributed by atoms with Gasteiger partial charge >= 0.3 is 0 Å². The number of furan rings is 2. The van der Waals surface area contributed by atoms with Gasteiger partial charge in [0.15, 0.2) is 6.17 Å². The average molecular weight is 644 g/mol. The Morgan fingerprint density at radius 2 is 1.02 bits per heavy atom. The Bertz CT molecular complexity index is 2770. The van der Waals surface area contributed by atoms with Crippen molar-refractivity contribution in [2.24, 2.45) is 9.98 Å². The first-order valence-electron chi connectivity index (χ1n) is 16.8. The molecule has 5 heteroatoms. The second-order valence-corrected chi connectivity index (χ2v) is 12.5. The van der Waals surface area contributed by atoms with Crippen LogP contribution in [0, 0.1) is 0 Å². The summed E-state index contributed by atoms with van der Waals surface area (Å²) < 4.78 is 12.9. The number of rotatable bonds is 5. The molecule has 9 aromatic rings. The highest BCUT2D eigenvalue weighted by atomic mass is 16.3. The van der Waals surface area contributed by atoms with Crippen LogP contribution in [0.1, 0.15) is 22.9 Å². The van der Waals surface area contributed by atoms with Gasteiger partial charge in [0.2, 0.25) is 0 Å². The molecule has 236 valence electrons. The monoisotopic (exact) mass is 643 g/mol. The first kappa shape index (κ1) is 28.3. The molecule has 0 bridgehead atoms. The third-order valence-electron chi connectivity index (χ3n) is 9.58. The summed E-state index contributed by atoms with van der Waals surface area (Å²) in [6.07, 6.45) is -0.563. The van der Waals surface area contributed by atoms with Crippen LogP contribution < -0.4 is 5.32 Å². The van der Waals surface area contributed by atoms with E-state index in [1.807, 2.05) is 54.6 Å². The molecule has 0 aliphatic carbocycles. The molecule has 1 atom stereocenters. The number of hydrogen-bond acceptors (Lipinski definition) is 5. The van der Waals surface area contributed by atoms with Gasteiger partial charge in [-0.2, -0.15) is 0 Å². The van der Waals surface area contributed by atoms with Crippen LogP contribution in [0.15, 0.2) is 183 Å². The van der Waals surface area contributed by atoms with Crippen molar-refractivity contribution in [2.45, 2.75) is 6.17 Å². The topological polar surface area (TPSA) is 63.0 Å². The fourth-order valence-corrected chi connectivity index (χ4v) is 7.21. The molecular formula is C45H29N3O2. The molecule has 1 N–H and O–H groups in total. The summed E-state index contributed by atoms with van der Waals surface area (Å²) >= 11 is 0. The van der Waals surface area contributed by atoms with E-state index < -0.39 is 6.17 Å². The normalized spacial score (nSPS) is 14.6. The molecular weight excluding hydrogens is 615 g/mol. The van der Waals surface area contributed by atoms with Crippen LogP contribution in [0.2, 0.25) is 0 Å². The summed E-state index contributed by atoms with van der Waals surface area (Å²) in [5, 5.41) is 7.84. The first-order chi connectivity index (χ1) is 24.8. The van der Waals surface area contributed by atoms with Crippen LogP contribution >= 0.6 is 0 Å².